The van der Waals surface area contributed by atoms with Crippen LogP contribution in [0.3, 0.4) is 0 Å². The molecule has 6 nitrogen and oxygen atoms in total. The third kappa shape index (κ3) is 2.49. The monoisotopic (exact) mass is 320 g/mol. The van der Waals surface area contributed by atoms with Crippen molar-refractivity contribution in [2.45, 2.75) is 11.1 Å². The van der Waals surface area contributed by atoms with E-state index < -0.39 is 16.2 Å². The highest BCUT2D eigenvalue weighted by Gasteiger charge is 2.29. The first kappa shape index (κ1) is 14.7. The Morgan fingerprint density at radius 1 is 1.00 bits per heavy atom. The van der Waals surface area contributed by atoms with Gasteiger partial charge in [-0.15, -0.1) is 0 Å². The summed E-state index contributed by atoms with van der Waals surface area (Å²) in [5.41, 5.74) is 1.30. The van der Waals surface area contributed by atoms with Gasteiger partial charge in [-0.1, -0.05) is 18.2 Å². The summed E-state index contributed by atoms with van der Waals surface area (Å²) in [6.07, 6.45) is -0.570. The Labute approximate surface area is 129 Å². The van der Waals surface area contributed by atoms with Crippen molar-refractivity contribution in [1.82, 2.24) is 4.72 Å². The van der Waals surface area contributed by atoms with Crippen LogP contribution in [0.4, 0.5) is 5.69 Å². The number of para-hydroxylation sites is 1. The van der Waals surface area contributed by atoms with Crippen molar-refractivity contribution in [2.75, 3.05) is 19.5 Å². The second-order valence-corrected chi connectivity index (χ2v) is 6.49. The number of anilines is 1. The van der Waals surface area contributed by atoms with E-state index in [9.17, 15) is 8.42 Å². The van der Waals surface area contributed by atoms with Crippen LogP contribution in [0.25, 0.3) is 0 Å². The molecule has 1 aliphatic rings. The number of hydrogen-bond acceptors (Lipinski definition) is 5. The maximum absolute atomic E-state index is 12.3. The van der Waals surface area contributed by atoms with Gasteiger partial charge in [0.2, 0.25) is 10.0 Å². The van der Waals surface area contributed by atoms with Gasteiger partial charge in [-0.3, -0.25) is 0 Å². The zero-order valence-corrected chi connectivity index (χ0v) is 13.0. The average Bonchev–Trinajstić information content (AvgIpc) is 2.53. The number of nitrogens with one attached hydrogen (secondary N) is 2. The van der Waals surface area contributed by atoms with Crippen molar-refractivity contribution >= 4 is 15.7 Å². The molecule has 3 rings (SSSR count). The average molecular weight is 320 g/mol. The van der Waals surface area contributed by atoms with E-state index in [1.54, 1.807) is 49.6 Å². The van der Waals surface area contributed by atoms with Crippen LogP contribution < -0.4 is 19.5 Å². The molecule has 0 unspecified atom stereocenters. The summed E-state index contributed by atoms with van der Waals surface area (Å²) in [7, 11) is -0.471. The number of methoxy groups -OCH3 is 2. The SMILES string of the molecule is COc1ccc([C@@H]2Nc3ccccc3S(=O)(=O)N2)cc1OC. The Morgan fingerprint density at radius 3 is 2.45 bits per heavy atom. The summed E-state index contributed by atoms with van der Waals surface area (Å²) < 4.78 is 37.7. The molecule has 0 radical (unpaired) electrons. The van der Waals surface area contributed by atoms with Gasteiger partial charge in [-0.05, 0) is 29.8 Å². The van der Waals surface area contributed by atoms with Crippen LogP contribution in [0.5, 0.6) is 11.5 Å². The van der Waals surface area contributed by atoms with Crippen molar-refractivity contribution in [3.8, 4) is 11.5 Å². The van der Waals surface area contributed by atoms with E-state index in [4.69, 9.17) is 9.47 Å². The molecule has 0 aromatic heterocycles. The molecule has 116 valence electrons. The first-order valence-electron chi connectivity index (χ1n) is 6.65. The molecule has 0 saturated carbocycles. The Kier molecular flexibility index (Phi) is 3.67. The van der Waals surface area contributed by atoms with E-state index in [1.807, 2.05) is 0 Å². The maximum atomic E-state index is 12.3. The molecule has 0 amide bonds. The van der Waals surface area contributed by atoms with Crippen molar-refractivity contribution in [3.05, 3.63) is 48.0 Å². The molecule has 22 heavy (non-hydrogen) atoms. The molecule has 0 bridgehead atoms. The Bertz CT molecular complexity index is 805. The van der Waals surface area contributed by atoms with Crippen LogP contribution in [0, 0.1) is 0 Å². The molecule has 1 atom stereocenters. The topological polar surface area (TPSA) is 76.7 Å². The molecule has 2 aromatic carbocycles. The number of fused-ring (bicyclic) bond motifs is 1. The minimum atomic E-state index is -3.56. The molecule has 0 aliphatic carbocycles. The lowest BCUT2D eigenvalue weighted by atomic mass is 10.1. The summed E-state index contributed by atoms with van der Waals surface area (Å²) in [5.74, 6) is 1.13. The predicted octanol–water partition coefficient (Wildman–Crippen LogP) is 2.11. The third-order valence-electron chi connectivity index (χ3n) is 3.49. The molecule has 2 aromatic rings. The highest BCUT2D eigenvalue weighted by Crippen LogP contribution is 2.34. The van der Waals surface area contributed by atoms with E-state index >= 15 is 0 Å². The molecule has 1 heterocycles. The van der Waals surface area contributed by atoms with Gasteiger partial charge in [0.1, 0.15) is 11.1 Å². The molecule has 0 fully saturated rings. The normalized spacial score (nSPS) is 18.9. The van der Waals surface area contributed by atoms with E-state index in [0.29, 0.717) is 17.2 Å². The van der Waals surface area contributed by atoms with Gasteiger partial charge in [-0.25, -0.2) is 8.42 Å². The third-order valence-corrected chi connectivity index (χ3v) is 4.97. The highest BCUT2D eigenvalue weighted by atomic mass is 32.2. The quantitative estimate of drug-likeness (QED) is 0.906. The fraction of sp³-hybridized carbons (Fsp3) is 0.200. The van der Waals surface area contributed by atoms with Crippen LogP contribution in [0.2, 0.25) is 0 Å². The van der Waals surface area contributed by atoms with E-state index in [2.05, 4.69) is 10.0 Å². The van der Waals surface area contributed by atoms with Crippen LogP contribution in [-0.4, -0.2) is 22.6 Å². The lowest BCUT2D eigenvalue weighted by Crippen LogP contribution is -2.38. The Hall–Kier alpha value is -2.25. The first-order chi connectivity index (χ1) is 10.5. The first-order valence-corrected chi connectivity index (χ1v) is 8.13. The summed E-state index contributed by atoms with van der Waals surface area (Å²) in [6.45, 7) is 0. The lowest BCUT2D eigenvalue weighted by molar-refractivity contribution is 0.354. The molecule has 1 aliphatic heterocycles. The number of sulfonamides is 1. The number of ether oxygens (including phenoxy) is 2. The molecule has 7 heteroatoms. The Balaban J connectivity index is 2.01. The van der Waals surface area contributed by atoms with Crippen molar-refractivity contribution in [1.29, 1.82) is 0 Å². The van der Waals surface area contributed by atoms with Crippen LogP contribution in [-0.2, 0) is 10.0 Å². The minimum absolute atomic E-state index is 0.242. The molecule has 0 saturated heterocycles. The van der Waals surface area contributed by atoms with Crippen LogP contribution in [0.15, 0.2) is 47.4 Å². The number of rotatable bonds is 3. The summed E-state index contributed by atoms with van der Waals surface area (Å²) in [4.78, 5) is 0.242. The van der Waals surface area contributed by atoms with Gasteiger partial charge in [0, 0.05) is 0 Å². The fourth-order valence-corrected chi connectivity index (χ4v) is 3.71. The summed E-state index contributed by atoms with van der Waals surface area (Å²) >= 11 is 0. The number of benzene rings is 2. The Morgan fingerprint density at radius 2 is 1.73 bits per heavy atom. The minimum Gasteiger partial charge on any atom is -0.493 e. The lowest BCUT2D eigenvalue weighted by Gasteiger charge is -2.28. The predicted molar refractivity (Wildman–Crippen MR) is 82.7 cm³/mol. The molecule has 0 spiro atoms. The molecular weight excluding hydrogens is 304 g/mol. The van der Waals surface area contributed by atoms with Gasteiger partial charge in [-0.2, -0.15) is 4.72 Å². The fourth-order valence-electron chi connectivity index (χ4n) is 2.41. The highest BCUT2D eigenvalue weighted by molar-refractivity contribution is 7.89. The van der Waals surface area contributed by atoms with Crippen LogP contribution >= 0.6 is 0 Å². The van der Waals surface area contributed by atoms with E-state index in [0.717, 1.165) is 5.56 Å². The number of hydrogen-bond donors (Lipinski definition) is 2. The second-order valence-electron chi connectivity index (χ2n) is 4.81. The standard InChI is InChI=1S/C15H16N2O4S/c1-20-12-8-7-10(9-13(12)21-2)15-16-11-5-3-4-6-14(11)22(18,19)17-15/h3-9,15-17H,1-2H3/t15-/m1/s1. The van der Waals surface area contributed by atoms with Gasteiger partial charge >= 0.3 is 0 Å². The summed E-state index contributed by atoms with van der Waals surface area (Å²) in [6, 6.07) is 12.1. The van der Waals surface area contributed by atoms with Gasteiger partial charge in [0.05, 0.1) is 19.9 Å². The zero-order valence-electron chi connectivity index (χ0n) is 12.2. The van der Waals surface area contributed by atoms with Crippen molar-refractivity contribution < 1.29 is 17.9 Å². The second kappa shape index (κ2) is 5.51. The van der Waals surface area contributed by atoms with Crippen molar-refractivity contribution in [2.24, 2.45) is 0 Å². The van der Waals surface area contributed by atoms with E-state index in [-0.39, 0.29) is 4.90 Å². The largest absolute Gasteiger partial charge is 0.493 e. The molecular formula is C15H16N2O4S. The smallest absolute Gasteiger partial charge is 0.244 e. The van der Waals surface area contributed by atoms with Crippen molar-refractivity contribution in [3.63, 3.8) is 0 Å². The van der Waals surface area contributed by atoms with Gasteiger partial charge in [0.15, 0.2) is 11.5 Å². The maximum Gasteiger partial charge on any atom is 0.244 e. The summed E-state index contributed by atoms with van der Waals surface area (Å²) in [5, 5.41) is 3.17. The van der Waals surface area contributed by atoms with Crippen LogP contribution in [0.1, 0.15) is 11.7 Å². The van der Waals surface area contributed by atoms with Gasteiger partial charge in [0.25, 0.3) is 0 Å². The molecule has 2 N–H and O–H groups in total. The zero-order chi connectivity index (χ0) is 15.7. The van der Waals surface area contributed by atoms with Gasteiger partial charge < -0.3 is 14.8 Å². The van der Waals surface area contributed by atoms with E-state index in [1.165, 1.54) is 7.11 Å².